The third-order valence-electron chi connectivity index (χ3n) is 4.66. The van der Waals surface area contributed by atoms with Crippen LogP contribution in [0.5, 0.6) is 0 Å². The highest BCUT2D eigenvalue weighted by molar-refractivity contribution is 9.11. The van der Waals surface area contributed by atoms with Crippen LogP contribution in [0.2, 0.25) is 0 Å². The van der Waals surface area contributed by atoms with Crippen LogP contribution >= 0.6 is 15.9 Å². The van der Waals surface area contributed by atoms with Crippen LogP contribution in [0.25, 0.3) is 0 Å². The molecule has 2 atom stereocenters. The van der Waals surface area contributed by atoms with Gasteiger partial charge in [0.25, 0.3) is 10.0 Å². The molecule has 25 heavy (non-hydrogen) atoms. The van der Waals surface area contributed by atoms with E-state index in [-0.39, 0.29) is 22.5 Å². The Bertz CT molecular complexity index is 933. The number of carbonyl (C=O) groups excluding carboxylic acids is 2. The van der Waals surface area contributed by atoms with E-state index in [1.165, 1.54) is 6.07 Å². The summed E-state index contributed by atoms with van der Waals surface area (Å²) in [6.07, 6.45) is 2.71. The first kappa shape index (κ1) is 16.5. The highest BCUT2D eigenvalue weighted by Gasteiger charge is 2.43. The van der Waals surface area contributed by atoms with E-state index in [0.717, 1.165) is 23.0 Å². The normalized spacial score (nSPS) is 26.3. The predicted octanol–water partition coefficient (Wildman–Crippen LogP) is 1.87. The van der Waals surface area contributed by atoms with Crippen molar-refractivity contribution in [3.8, 4) is 0 Å². The van der Waals surface area contributed by atoms with Crippen LogP contribution in [-0.2, 0) is 14.8 Å². The number of sulfonamides is 1. The predicted molar refractivity (Wildman–Crippen MR) is 89.9 cm³/mol. The van der Waals surface area contributed by atoms with Gasteiger partial charge in [-0.1, -0.05) is 22.0 Å². The van der Waals surface area contributed by atoms with E-state index in [1.807, 2.05) is 6.08 Å². The van der Waals surface area contributed by atoms with Crippen LogP contribution in [0.4, 0.5) is 14.9 Å². The number of hydrogen-bond donors (Lipinski definition) is 1. The zero-order valence-electron chi connectivity index (χ0n) is 12.8. The topological polar surface area (TPSA) is 86.8 Å². The number of urea groups is 1. The summed E-state index contributed by atoms with van der Waals surface area (Å²) in [7, 11) is -4.29. The number of halogens is 2. The number of rotatable bonds is 2. The summed E-state index contributed by atoms with van der Waals surface area (Å²) in [6.45, 7) is -0.125. The van der Waals surface area contributed by atoms with Crippen molar-refractivity contribution in [2.45, 2.75) is 17.4 Å². The lowest BCUT2D eigenvalue weighted by Crippen LogP contribution is -2.50. The van der Waals surface area contributed by atoms with E-state index in [9.17, 15) is 22.4 Å². The van der Waals surface area contributed by atoms with Crippen LogP contribution in [0.15, 0.2) is 33.7 Å². The monoisotopic (exact) mass is 429 g/mol. The van der Waals surface area contributed by atoms with Crippen molar-refractivity contribution in [1.29, 1.82) is 0 Å². The molecule has 2 aliphatic heterocycles. The summed E-state index contributed by atoms with van der Waals surface area (Å²) >= 11 is 3.44. The number of benzene rings is 1. The highest BCUT2D eigenvalue weighted by atomic mass is 79.9. The molecule has 1 fully saturated rings. The Labute approximate surface area is 151 Å². The van der Waals surface area contributed by atoms with Gasteiger partial charge in [0.2, 0.25) is 5.91 Å². The van der Waals surface area contributed by atoms with Crippen LogP contribution in [0, 0.1) is 11.7 Å². The number of amides is 3. The summed E-state index contributed by atoms with van der Waals surface area (Å²) in [5, 5.41) is 2.38. The molecule has 1 aromatic rings. The van der Waals surface area contributed by atoms with Crippen LogP contribution < -0.4 is 5.32 Å². The molecule has 2 unspecified atom stereocenters. The Morgan fingerprint density at radius 1 is 1.40 bits per heavy atom. The highest BCUT2D eigenvalue weighted by Crippen LogP contribution is 2.40. The number of nitrogens with zero attached hydrogens (tertiary/aromatic N) is 2. The molecule has 4 rings (SSSR count). The largest absolute Gasteiger partial charge is 0.336 e. The van der Waals surface area contributed by atoms with E-state index in [1.54, 1.807) is 4.90 Å². The Kier molecular flexibility index (Phi) is 3.66. The maximum Gasteiger partial charge on any atom is 0.336 e. The number of anilines is 1. The summed E-state index contributed by atoms with van der Waals surface area (Å²) in [5.41, 5.74) is 0.00203. The second kappa shape index (κ2) is 5.53. The van der Waals surface area contributed by atoms with E-state index < -0.39 is 34.3 Å². The van der Waals surface area contributed by atoms with Gasteiger partial charge in [-0.3, -0.25) is 4.79 Å². The lowest BCUT2D eigenvalue weighted by molar-refractivity contribution is -0.131. The third kappa shape index (κ3) is 2.54. The molecule has 132 valence electrons. The fourth-order valence-corrected chi connectivity index (χ4v) is 5.50. The maximum absolute atomic E-state index is 13.4. The molecule has 1 aromatic carbocycles. The summed E-state index contributed by atoms with van der Waals surface area (Å²) < 4.78 is 40.2. The number of fused-ring (bicyclic) bond motifs is 3. The maximum atomic E-state index is 13.4. The van der Waals surface area contributed by atoms with Crippen LogP contribution in [0.3, 0.4) is 0 Å². The summed E-state index contributed by atoms with van der Waals surface area (Å²) in [4.78, 5) is 25.9. The SMILES string of the molecule is O=C(CN1C(=O)Nc2ccc(F)cc2S1(=O)=O)N1CC2CC1C=C2Br. The van der Waals surface area contributed by atoms with Gasteiger partial charge in [0, 0.05) is 12.5 Å². The van der Waals surface area contributed by atoms with E-state index in [2.05, 4.69) is 21.2 Å². The molecule has 1 N–H and O–H groups in total. The summed E-state index contributed by atoms with van der Waals surface area (Å²) in [6, 6.07) is 2.06. The fraction of sp³-hybridized carbons (Fsp3) is 0.333. The van der Waals surface area contributed by atoms with E-state index >= 15 is 0 Å². The molecule has 3 amide bonds. The molecule has 0 aromatic heterocycles. The van der Waals surface area contributed by atoms with E-state index in [0.29, 0.717) is 10.8 Å². The molecule has 0 spiro atoms. The smallest absolute Gasteiger partial charge is 0.334 e. The van der Waals surface area contributed by atoms with Crippen LogP contribution in [0.1, 0.15) is 6.42 Å². The van der Waals surface area contributed by atoms with Gasteiger partial charge in [0.1, 0.15) is 17.3 Å². The van der Waals surface area contributed by atoms with Gasteiger partial charge in [-0.05, 0) is 29.1 Å². The fourth-order valence-electron chi connectivity index (χ4n) is 3.42. The van der Waals surface area contributed by atoms with Gasteiger partial charge in [-0.2, -0.15) is 0 Å². The van der Waals surface area contributed by atoms with Crippen molar-refractivity contribution in [2.24, 2.45) is 5.92 Å². The number of hydrogen-bond acceptors (Lipinski definition) is 4. The zero-order chi connectivity index (χ0) is 17.9. The lowest BCUT2D eigenvalue weighted by atomic mass is 10.2. The van der Waals surface area contributed by atoms with Crippen molar-refractivity contribution < 1.29 is 22.4 Å². The standard InChI is InChI=1S/C15H13BrFN3O4S/c16-11-5-10-3-8(11)6-19(10)14(21)7-20-15(22)18-12-2-1-9(17)4-13(12)25(20,23)24/h1-2,4-5,8,10H,3,6-7H2,(H,18,22). The van der Waals surface area contributed by atoms with Gasteiger partial charge >= 0.3 is 6.03 Å². The average Bonchev–Trinajstić information content (AvgIpc) is 3.11. The molecular weight excluding hydrogens is 417 g/mol. The third-order valence-corrected chi connectivity index (χ3v) is 7.34. The van der Waals surface area contributed by atoms with Crippen LogP contribution in [-0.4, -0.2) is 48.7 Å². The first-order valence-corrected chi connectivity index (χ1v) is 9.80. The first-order chi connectivity index (χ1) is 11.8. The number of nitrogens with one attached hydrogen (secondary N) is 1. The van der Waals surface area contributed by atoms with Gasteiger partial charge < -0.3 is 10.2 Å². The molecular formula is C15H13BrFN3O4S. The summed E-state index contributed by atoms with van der Waals surface area (Å²) in [5.74, 6) is -0.977. The zero-order valence-corrected chi connectivity index (χ0v) is 15.2. The number of likely N-dealkylation sites (tertiary alicyclic amines) is 1. The van der Waals surface area contributed by atoms with Crippen molar-refractivity contribution in [3.63, 3.8) is 0 Å². The molecule has 2 heterocycles. The Morgan fingerprint density at radius 2 is 2.16 bits per heavy atom. The van der Waals surface area contributed by atoms with E-state index in [4.69, 9.17) is 0 Å². The number of carbonyl (C=O) groups is 2. The molecule has 3 aliphatic rings. The quantitative estimate of drug-likeness (QED) is 0.777. The van der Waals surface area contributed by atoms with Gasteiger partial charge in [-0.25, -0.2) is 21.9 Å². The second-order valence-corrected chi connectivity index (χ2v) is 8.93. The van der Waals surface area contributed by atoms with Crippen molar-refractivity contribution in [3.05, 3.63) is 34.6 Å². The first-order valence-electron chi connectivity index (χ1n) is 7.57. The lowest BCUT2D eigenvalue weighted by Gasteiger charge is -2.31. The minimum Gasteiger partial charge on any atom is -0.334 e. The Balaban J connectivity index is 1.61. The minimum absolute atomic E-state index is 0.00203. The second-order valence-electron chi connectivity index (χ2n) is 6.18. The molecule has 0 saturated carbocycles. The average molecular weight is 430 g/mol. The molecule has 2 bridgehead atoms. The minimum atomic E-state index is -4.29. The van der Waals surface area contributed by atoms with Crippen molar-refractivity contribution in [2.75, 3.05) is 18.4 Å². The van der Waals surface area contributed by atoms with Crippen molar-refractivity contribution >= 4 is 43.6 Å². The van der Waals surface area contributed by atoms with Gasteiger partial charge in [0.05, 0.1) is 11.7 Å². The molecule has 0 radical (unpaired) electrons. The molecule has 1 aliphatic carbocycles. The molecule has 7 nitrogen and oxygen atoms in total. The molecule has 1 saturated heterocycles. The van der Waals surface area contributed by atoms with Crippen molar-refractivity contribution in [1.82, 2.24) is 9.21 Å². The van der Waals surface area contributed by atoms with Gasteiger partial charge in [-0.15, -0.1) is 0 Å². The Morgan fingerprint density at radius 3 is 2.80 bits per heavy atom. The molecule has 10 heteroatoms. The Hall–Kier alpha value is -1.94. The van der Waals surface area contributed by atoms with Gasteiger partial charge in [0.15, 0.2) is 0 Å².